The number of benzene rings is 1. The van der Waals surface area contributed by atoms with E-state index in [2.05, 4.69) is 0 Å². The second kappa shape index (κ2) is 6.04. The van der Waals surface area contributed by atoms with Crippen LogP contribution in [-0.2, 0) is 14.4 Å². The summed E-state index contributed by atoms with van der Waals surface area (Å²) in [6.07, 6.45) is -0.0142. The maximum absolute atomic E-state index is 12.8. The summed E-state index contributed by atoms with van der Waals surface area (Å²) < 4.78 is 12.8. The van der Waals surface area contributed by atoms with E-state index in [-0.39, 0.29) is 30.4 Å². The summed E-state index contributed by atoms with van der Waals surface area (Å²) in [7, 11) is 0. The molecule has 106 valence electrons. The Labute approximate surface area is 118 Å². The van der Waals surface area contributed by atoms with Crippen molar-refractivity contribution in [3.63, 3.8) is 0 Å². The number of anilines is 1. The molecule has 1 aliphatic heterocycles. The maximum atomic E-state index is 12.8. The zero-order chi connectivity index (χ0) is 14.7. The number of carboxylic acid groups (broad SMARTS) is 1. The summed E-state index contributed by atoms with van der Waals surface area (Å²) in [5.41, 5.74) is 0.336. The normalized spacial score (nSPS) is 18.6. The second-order valence-electron chi connectivity index (χ2n) is 4.25. The van der Waals surface area contributed by atoms with Crippen LogP contribution in [0.15, 0.2) is 24.3 Å². The fraction of sp³-hybridized carbons (Fsp3) is 0.308. The number of aliphatic carboxylic acids is 1. The third kappa shape index (κ3) is 3.16. The van der Waals surface area contributed by atoms with Gasteiger partial charge in [-0.3, -0.25) is 14.4 Å². The first kappa shape index (κ1) is 14.5. The van der Waals surface area contributed by atoms with E-state index < -0.39 is 17.0 Å². The van der Waals surface area contributed by atoms with E-state index in [1.807, 2.05) is 0 Å². The van der Waals surface area contributed by atoms with Crippen molar-refractivity contribution in [1.29, 1.82) is 0 Å². The lowest BCUT2D eigenvalue weighted by molar-refractivity contribution is -0.136. The minimum absolute atomic E-state index is 0.0422. The highest BCUT2D eigenvalue weighted by atomic mass is 32.2. The van der Waals surface area contributed by atoms with Crippen molar-refractivity contribution in [3.8, 4) is 0 Å². The van der Waals surface area contributed by atoms with Gasteiger partial charge >= 0.3 is 5.97 Å². The Morgan fingerprint density at radius 2 is 2.00 bits per heavy atom. The molecule has 20 heavy (non-hydrogen) atoms. The first-order chi connectivity index (χ1) is 9.49. The summed E-state index contributed by atoms with van der Waals surface area (Å²) in [6.45, 7) is 0. The average Bonchev–Trinajstić information content (AvgIpc) is 2.66. The molecular weight excluding hydrogens is 285 g/mol. The highest BCUT2D eigenvalue weighted by Gasteiger charge is 2.39. The van der Waals surface area contributed by atoms with Crippen molar-refractivity contribution in [2.45, 2.75) is 18.1 Å². The Balaban J connectivity index is 2.05. The molecule has 5 nitrogen and oxygen atoms in total. The highest BCUT2D eigenvalue weighted by Crippen LogP contribution is 2.29. The van der Waals surface area contributed by atoms with Crippen LogP contribution in [0.2, 0.25) is 0 Å². The van der Waals surface area contributed by atoms with Gasteiger partial charge in [0.25, 0.3) is 0 Å². The number of thioether (sulfide) groups is 1. The molecule has 1 aliphatic rings. The topological polar surface area (TPSA) is 74.7 Å². The van der Waals surface area contributed by atoms with Gasteiger partial charge in [-0.25, -0.2) is 9.29 Å². The molecule has 0 aromatic heterocycles. The van der Waals surface area contributed by atoms with Crippen LogP contribution in [0.25, 0.3) is 0 Å². The largest absolute Gasteiger partial charge is 0.481 e. The number of hydrogen-bond acceptors (Lipinski definition) is 4. The van der Waals surface area contributed by atoms with Crippen molar-refractivity contribution in [3.05, 3.63) is 30.1 Å². The second-order valence-corrected chi connectivity index (χ2v) is 5.56. The van der Waals surface area contributed by atoms with Gasteiger partial charge in [0.05, 0.1) is 17.4 Å². The molecule has 1 saturated heterocycles. The molecule has 1 aromatic carbocycles. The summed E-state index contributed by atoms with van der Waals surface area (Å²) in [6, 6.07) is 5.10. The molecule has 0 bridgehead atoms. The van der Waals surface area contributed by atoms with Gasteiger partial charge in [0.15, 0.2) is 0 Å². The molecule has 0 radical (unpaired) electrons. The number of rotatable bonds is 5. The van der Waals surface area contributed by atoms with E-state index in [1.165, 1.54) is 24.3 Å². The number of halogens is 1. The molecule has 0 saturated carbocycles. The molecular formula is C13H12FNO4S. The van der Waals surface area contributed by atoms with E-state index >= 15 is 0 Å². The molecule has 1 unspecified atom stereocenters. The first-order valence-electron chi connectivity index (χ1n) is 5.95. The van der Waals surface area contributed by atoms with Gasteiger partial charge in [-0.1, -0.05) is 0 Å². The van der Waals surface area contributed by atoms with Gasteiger partial charge in [-0.05, 0) is 24.3 Å². The summed E-state index contributed by atoms with van der Waals surface area (Å²) in [5.74, 6) is -1.84. The predicted octanol–water partition coefficient (Wildman–Crippen LogP) is 1.67. The third-order valence-electron chi connectivity index (χ3n) is 2.83. The molecule has 1 fully saturated rings. The monoisotopic (exact) mass is 297 g/mol. The fourth-order valence-electron chi connectivity index (χ4n) is 1.88. The van der Waals surface area contributed by atoms with E-state index in [4.69, 9.17) is 5.11 Å². The van der Waals surface area contributed by atoms with Crippen molar-refractivity contribution < 1.29 is 23.9 Å². The molecule has 1 N–H and O–H groups in total. The lowest BCUT2D eigenvalue weighted by Gasteiger charge is -2.14. The summed E-state index contributed by atoms with van der Waals surface area (Å²) in [5, 5.41) is 7.99. The number of imide groups is 1. The Bertz CT molecular complexity index is 546. The Kier molecular flexibility index (Phi) is 4.39. The molecule has 0 aliphatic carbocycles. The third-order valence-corrected chi connectivity index (χ3v) is 4.04. The van der Waals surface area contributed by atoms with Crippen LogP contribution in [-0.4, -0.2) is 33.9 Å². The van der Waals surface area contributed by atoms with Crippen molar-refractivity contribution in [1.82, 2.24) is 0 Å². The molecule has 2 rings (SSSR count). The predicted molar refractivity (Wildman–Crippen MR) is 72.0 cm³/mol. The van der Waals surface area contributed by atoms with E-state index in [0.29, 0.717) is 5.69 Å². The molecule has 1 heterocycles. The number of hydrogen-bond donors (Lipinski definition) is 1. The summed E-state index contributed by atoms with van der Waals surface area (Å²) >= 11 is 1.16. The minimum Gasteiger partial charge on any atom is -0.481 e. The van der Waals surface area contributed by atoms with E-state index in [1.54, 1.807) is 0 Å². The van der Waals surface area contributed by atoms with Crippen molar-refractivity contribution in [2.24, 2.45) is 0 Å². The molecule has 1 atom stereocenters. The summed E-state index contributed by atoms with van der Waals surface area (Å²) in [4.78, 5) is 35.4. The minimum atomic E-state index is -0.940. The van der Waals surface area contributed by atoms with Gasteiger partial charge in [0.1, 0.15) is 5.82 Å². The lowest BCUT2D eigenvalue weighted by atomic mass is 10.3. The van der Waals surface area contributed by atoms with Gasteiger partial charge in [-0.15, -0.1) is 11.8 Å². The van der Waals surface area contributed by atoms with Crippen LogP contribution < -0.4 is 4.90 Å². The Hall–Kier alpha value is -1.89. The number of carboxylic acids is 1. The Morgan fingerprint density at radius 1 is 1.35 bits per heavy atom. The molecule has 2 amide bonds. The van der Waals surface area contributed by atoms with Crippen LogP contribution in [0.4, 0.5) is 10.1 Å². The maximum Gasteiger partial charge on any atom is 0.304 e. The number of amides is 2. The van der Waals surface area contributed by atoms with Gasteiger partial charge in [0.2, 0.25) is 11.8 Å². The average molecular weight is 297 g/mol. The number of carbonyl (C=O) groups excluding carboxylic acids is 2. The van der Waals surface area contributed by atoms with Crippen molar-refractivity contribution >= 4 is 35.2 Å². The molecule has 0 spiro atoms. The molecule has 7 heteroatoms. The highest BCUT2D eigenvalue weighted by molar-refractivity contribution is 8.00. The SMILES string of the molecule is O=C(O)CCSC1CC(=O)N(c2ccc(F)cc2)C1=O. The number of carbonyl (C=O) groups is 3. The van der Waals surface area contributed by atoms with Crippen LogP contribution in [0.1, 0.15) is 12.8 Å². The van der Waals surface area contributed by atoms with Crippen molar-refractivity contribution in [2.75, 3.05) is 10.7 Å². The van der Waals surface area contributed by atoms with E-state index in [9.17, 15) is 18.8 Å². The fourth-order valence-corrected chi connectivity index (χ4v) is 2.97. The van der Waals surface area contributed by atoms with E-state index in [0.717, 1.165) is 16.7 Å². The Morgan fingerprint density at radius 3 is 2.60 bits per heavy atom. The van der Waals surface area contributed by atoms with Gasteiger partial charge in [0, 0.05) is 12.2 Å². The number of nitrogens with zero attached hydrogens (tertiary/aromatic N) is 1. The quantitative estimate of drug-likeness (QED) is 0.837. The zero-order valence-corrected chi connectivity index (χ0v) is 11.2. The first-order valence-corrected chi connectivity index (χ1v) is 6.99. The van der Waals surface area contributed by atoms with Crippen LogP contribution in [0.5, 0.6) is 0 Å². The standard InChI is InChI=1S/C13H12FNO4S/c14-8-1-3-9(4-2-8)15-11(16)7-10(13(15)19)20-6-5-12(17)18/h1-4,10H,5-7H2,(H,17,18). The molecule has 1 aromatic rings. The zero-order valence-electron chi connectivity index (χ0n) is 10.4. The van der Waals surface area contributed by atoms with Crippen LogP contribution >= 0.6 is 11.8 Å². The van der Waals surface area contributed by atoms with Gasteiger partial charge < -0.3 is 5.11 Å². The van der Waals surface area contributed by atoms with Gasteiger partial charge in [-0.2, -0.15) is 0 Å². The van der Waals surface area contributed by atoms with Crippen LogP contribution in [0, 0.1) is 5.82 Å². The smallest absolute Gasteiger partial charge is 0.304 e. The van der Waals surface area contributed by atoms with Crippen LogP contribution in [0.3, 0.4) is 0 Å². The lowest BCUT2D eigenvalue weighted by Crippen LogP contribution is -2.31.